The summed E-state index contributed by atoms with van der Waals surface area (Å²) in [6, 6.07) is 0. The van der Waals surface area contributed by atoms with Crippen LogP contribution in [0.1, 0.15) is 58.8 Å². The summed E-state index contributed by atoms with van der Waals surface area (Å²) in [6.45, 7) is 8.49. The predicted molar refractivity (Wildman–Crippen MR) is 76.6 cm³/mol. The highest BCUT2D eigenvalue weighted by atomic mass is 16.3. The number of likely N-dealkylation sites (tertiary alicyclic amines) is 1. The highest BCUT2D eigenvalue weighted by molar-refractivity contribution is 4.87. The van der Waals surface area contributed by atoms with Crippen LogP contribution in [0, 0.1) is 17.3 Å². The molecule has 1 saturated heterocycles. The molecule has 2 atom stereocenters. The molecular weight excluding hydrogens is 222 g/mol. The van der Waals surface area contributed by atoms with Crippen molar-refractivity contribution in [3.63, 3.8) is 0 Å². The zero-order valence-corrected chi connectivity index (χ0v) is 12.3. The lowest BCUT2D eigenvalue weighted by Gasteiger charge is -2.44. The molecule has 18 heavy (non-hydrogen) atoms. The molecule has 2 rings (SSSR count). The van der Waals surface area contributed by atoms with E-state index in [1.165, 1.54) is 45.2 Å². The van der Waals surface area contributed by atoms with E-state index < -0.39 is 0 Å². The Morgan fingerprint density at radius 1 is 1.06 bits per heavy atom. The van der Waals surface area contributed by atoms with E-state index in [-0.39, 0.29) is 5.41 Å². The zero-order valence-electron chi connectivity index (χ0n) is 12.3. The largest absolute Gasteiger partial charge is 0.396 e. The van der Waals surface area contributed by atoms with Gasteiger partial charge in [0.2, 0.25) is 0 Å². The molecule has 0 bridgehead atoms. The highest BCUT2D eigenvalue weighted by Crippen LogP contribution is 2.37. The molecule has 0 aromatic carbocycles. The van der Waals surface area contributed by atoms with Crippen LogP contribution in [0.2, 0.25) is 0 Å². The van der Waals surface area contributed by atoms with Crippen molar-refractivity contribution in [3.8, 4) is 0 Å². The second-order valence-electron chi connectivity index (χ2n) is 6.69. The van der Waals surface area contributed by atoms with Crippen molar-refractivity contribution >= 4 is 0 Å². The zero-order chi connectivity index (χ0) is 13.0. The molecule has 0 radical (unpaired) electrons. The van der Waals surface area contributed by atoms with E-state index in [9.17, 15) is 5.11 Å². The van der Waals surface area contributed by atoms with Gasteiger partial charge in [0, 0.05) is 25.1 Å². The van der Waals surface area contributed by atoms with Crippen LogP contribution in [0.4, 0.5) is 0 Å². The SMILES string of the molecule is CCC(CC)(CO)CN1CCC2CCCCC2C1. The van der Waals surface area contributed by atoms with Crippen LogP contribution in [0.15, 0.2) is 0 Å². The first kappa shape index (κ1) is 14.3. The van der Waals surface area contributed by atoms with E-state index in [4.69, 9.17) is 0 Å². The fraction of sp³-hybridized carbons (Fsp3) is 1.00. The average Bonchev–Trinajstić information content (AvgIpc) is 2.45. The maximum Gasteiger partial charge on any atom is 0.0499 e. The van der Waals surface area contributed by atoms with Crippen molar-refractivity contribution in [2.75, 3.05) is 26.2 Å². The van der Waals surface area contributed by atoms with Gasteiger partial charge in [-0.1, -0.05) is 33.1 Å². The summed E-state index contributed by atoms with van der Waals surface area (Å²) in [7, 11) is 0. The summed E-state index contributed by atoms with van der Waals surface area (Å²) in [5.41, 5.74) is 0.154. The van der Waals surface area contributed by atoms with Crippen LogP contribution < -0.4 is 0 Å². The number of piperidine rings is 1. The minimum Gasteiger partial charge on any atom is -0.396 e. The monoisotopic (exact) mass is 253 g/mol. The third kappa shape index (κ3) is 3.08. The Morgan fingerprint density at radius 3 is 2.33 bits per heavy atom. The molecule has 0 amide bonds. The van der Waals surface area contributed by atoms with Gasteiger partial charge in [-0.2, -0.15) is 0 Å². The molecule has 1 saturated carbocycles. The first-order valence-electron chi connectivity index (χ1n) is 8.06. The van der Waals surface area contributed by atoms with Crippen molar-refractivity contribution in [1.29, 1.82) is 0 Å². The van der Waals surface area contributed by atoms with Crippen LogP contribution in [0.5, 0.6) is 0 Å². The van der Waals surface area contributed by atoms with Crippen LogP contribution >= 0.6 is 0 Å². The molecule has 1 aliphatic heterocycles. The first-order valence-corrected chi connectivity index (χ1v) is 8.06. The molecule has 2 unspecified atom stereocenters. The minimum absolute atomic E-state index is 0.154. The number of aliphatic hydroxyl groups is 1. The lowest BCUT2D eigenvalue weighted by molar-refractivity contribution is 0.0217. The van der Waals surface area contributed by atoms with E-state index in [0.717, 1.165) is 31.2 Å². The molecule has 2 nitrogen and oxygen atoms in total. The normalized spacial score (nSPS) is 30.2. The summed E-state index contributed by atoms with van der Waals surface area (Å²) >= 11 is 0. The Balaban J connectivity index is 1.90. The van der Waals surface area contributed by atoms with Crippen molar-refractivity contribution in [1.82, 2.24) is 4.90 Å². The van der Waals surface area contributed by atoms with Crippen molar-refractivity contribution < 1.29 is 5.11 Å². The molecule has 1 N–H and O–H groups in total. The molecule has 2 aliphatic rings. The van der Waals surface area contributed by atoms with Crippen molar-refractivity contribution in [2.45, 2.75) is 58.8 Å². The van der Waals surface area contributed by atoms with E-state index in [1.807, 2.05) is 0 Å². The predicted octanol–water partition coefficient (Wildman–Crippen LogP) is 3.30. The summed E-state index contributed by atoms with van der Waals surface area (Å²) in [5.74, 6) is 1.97. The summed E-state index contributed by atoms with van der Waals surface area (Å²) in [4.78, 5) is 2.65. The van der Waals surface area contributed by atoms with Gasteiger partial charge in [0.25, 0.3) is 0 Å². The topological polar surface area (TPSA) is 23.5 Å². The molecule has 0 aromatic heterocycles. The molecule has 0 aromatic rings. The molecule has 106 valence electrons. The summed E-state index contributed by atoms with van der Waals surface area (Å²) in [5, 5.41) is 9.71. The number of hydrogen-bond donors (Lipinski definition) is 1. The number of hydrogen-bond acceptors (Lipinski definition) is 2. The van der Waals surface area contributed by atoms with Crippen molar-refractivity contribution in [2.24, 2.45) is 17.3 Å². The quantitative estimate of drug-likeness (QED) is 0.812. The maximum absolute atomic E-state index is 9.71. The average molecular weight is 253 g/mol. The molecular formula is C16H31NO. The first-order chi connectivity index (χ1) is 8.73. The maximum atomic E-state index is 9.71. The summed E-state index contributed by atoms with van der Waals surface area (Å²) in [6.07, 6.45) is 9.44. The number of rotatable bonds is 5. The van der Waals surface area contributed by atoms with E-state index >= 15 is 0 Å². The van der Waals surface area contributed by atoms with Gasteiger partial charge in [0.15, 0.2) is 0 Å². The fourth-order valence-electron chi connectivity index (χ4n) is 4.04. The van der Waals surface area contributed by atoms with Gasteiger partial charge >= 0.3 is 0 Å². The second kappa shape index (κ2) is 6.38. The lowest BCUT2D eigenvalue weighted by atomic mass is 9.74. The van der Waals surface area contributed by atoms with Gasteiger partial charge in [-0.05, 0) is 44.1 Å². The fourth-order valence-corrected chi connectivity index (χ4v) is 4.04. The van der Waals surface area contributed by atoms with Crippen LogP contribution in [0.3, 0.4) is 0 Å². The Bertz CT molecular complexity index is 241. The van der Waals surface area contributed by atoms with E-state index in [2.05, 4.69) is 18.7 Å². The molecule has 1 aliphatic carbocycles. The Hall–Kier alpha value is -0.0800. The third-order valence-electron chi connectivity index (χ3n) is 5.77. The Morgan fingerprint density at radius 2 is 1.72 bits per heavy atom. The lowest BCUT2D eigenvalue weighted by Crippen LogP contribution is -2.47. The third-order valence-corrected chi connectivity index (χ3v) is 5.77. The summed E-state index contributed by atoms with van der Waals surface area (Å²) < 4.78 is 0. The molecule has 2 fully saturated rings. The molecule has 1 heterocycles. The van der Waals surface area contributed by atoms with Gasteiger partial charge < -0.3 is 10.0 Å². The van der Waals surface area contributed by atoms with Crippen LogP contribution in [-0.4, -0.2) is 36.2 Å². The molecule has 2 heteroatoms. The standard InChI is InChI=1S/C16H31NO/c1-3-16(4-2,13-18)12-17-10-9-14-7-5-6-8-15(14)11-17/h14-15,18H,3-13H2,1-2H3. The van der Waals surface area contributed by atoms with E-state index in [1.54, 1.807) is 0 Å². The van der Waals surface area contributed by atoms with Gasteiger partial charge in [0.05, 0.1) is 0 Å². The Labute approximate surface area is 113 Å². The molecule has 0 spiro atoms. The second-order valence-corrected chi connectivity index (χ2v) is 6.69. The minimum atomic E-state index is 0.154. The van der Waals surface area contributed by atoms with E-state index in [0.29, 0.717) is 6.61 Å². The van der Waals surface area contributed by atoms with Gasteiger partial charge in [-0.25, -0.2) is 0 Å². The highest BCUT2D eigenvalue weighted by Gasteiger charge is 2.34. The van der Waals surface area contributed by atoms with Gasteiger partial charge in [-0.3, -0.25) is 0 Å². The van der Waals surface area contributed by atoms with Crippen LogP contribution in [0.25, 0.3) is 0 Å². The number of fused-ring (bicyclic) bond motifs is 1. The van der Waals surface area contributed by atoms with Crippen molar-refractivity contribution in [3.05, 3.63) is 0 Å². The Kier molecular flexibility index (Phi) is 5.08. The van der Waals surface area contributed by atoms with Gasteiger partial charge in [0.1, 0.15) is 0 Å². The smallest absolute Gasteiger partial charge is 0.0499 e. The van der Waals surface area contributed by atoms with Crippen LogP contribution in [-0.2, 0) is 0 Å². The number of aliphatic hydroxyl groups excluding tert-OH is 1. The van der Waals surface area contributed by atoms with Gasteiger partial charge in [-0.15, -0.1) is 0 Å². The number of nitrogens with zero attached hydrogens (tertiary/aromatic N) is 1.